The molecule has 0 spiro atoms. The molecule has 0 aliphatic carbocycles. The molecule has 0 rings (SSSR count). The fourth-order valence-electron chi connectivity index (χ4n) is 0. The molecule has 4 N–H and O–H groups in total. The first-order valence-corrected chi connectivity index (χ1v) is 12.3. The van der Waals surface area contributed by atoms with Crippen LogP contribution in [-0.4, -0.2) is 27.9 Å². The van der Waals surface area contributed by atoms with Crippen LogP contribution in [0.2, 0.25) is 0 Å². The van der Waals surface area contributed by atoms with Gasteiger partial charge in [-0.05, 0) is 13.6 Å². The summed E-state index contributed by atoms with van der Waals surface area (Å²) in [5.74, 6) is 0. The number of alkyl halides is 3. The van der Waals surface area contributed by atoms with Crippen LogP contribution in [0.15, 0.2) is 0 Å². The van der Waals surface area contributed by atoms with E-state index in [2.05, 4.69) is 22.5 Å². The maximum Gasteiger partial charge on any atom is -0.0106 e. The van der Waals surface area contributed by atoms with Crippen molar-refractivity contribution in [1.29, 1.82) is 0 Å². The van der Waals surface area contributed by atoms with Gasteiger partial charge >= 0.3 is 41.0 Å². The minimum Gasteiger partial charge on any atom is -0.333 e. The molecule has 0 aliphatic heterocycles. The molecule has 0 saturated heterocycles. The van der Waals surface area contributed by atoms with Crippen molar-refractivity contribution in [2.45, 2.75) is 55.4 Å². The van der Waals surface area contributed by atoms with Gasteiger partial charge in [-0.3, -0.25) is 0 Å². The van der Waals surface area contributed by atoms with Crippen LogP contribution in [-0.2, 0) is 0 Å². The van der Waals surface area contributed by atoms with E-state index in [0.29, 0.717) is 0 Å². The average molecular weight is 352 g/mol. The van der Waals surface area contributed by atoms with E-state index in [1.807, 2.05) is 48.5 Å². The third-order valence-corrected chi connectivity index (χ3v) is 3.59. The van der Waals surface area contributed by atoms with Crippen molar-refractivity contribution in [2.75, 3.05) is 27.9 Å². The van der Waals surface area contributed by atoms with Gasteiger partial charge in [0.25, 0.3) is 0 Å². The summed E-state index contributed by atoms with van der Waals surface area (Å²) < 4.78 is 1.46. The van der Waals surface area contributed by atoms with E-state index in [4.69, 9.17) is 5.73 Å². The molecule has 0 bridgehead atoms. The molecular formula is C13H41IN2. The number of rotatable bonds is 1. The normalized spacial score (nSPS) is 6.19. The first-order valence-electron chi connectivity index (χ1n) is 6.42. The zero-order valence-electron chi connectivity index (χ0n) is 13.9. The van der Waals surface area contributed by atoms with Crippen molar-refractivity contribution in [3.8, 4) is 0 Å². The Balaban J connectivity index is -0.0000000201. The Morgan fingerprint density at radius 1 is 0.750 bits per heavy atom. The van der Waals surface area contributed by atoms with Crippen LogP contribution >= 0.6 is 19.8 Å². The Morgan fingerprint density at radius 2 is 0.812 bits per heavy atom. The number of nitrogens with two attached hydrogens (primary N) is 2. The molecule has 110 valence electrons. The number of halogens is 1. The van der Waals surface area contributed by atoms with Gasteiger partial charge in [-0.25, -0.2) is 0 Å². The quantitative estimate of drug-likeness (QED) is 0.543. The van der Waals surface area contributed by atoms with E-state index >= 15 is 0 Å². The molecule has 0 radical (unpaired) electrons. The van der Waals surface area contributed by atoms with Crippen molar-refractivity contribution in [1.82, 2.24) is 0 Å². The van der Waals surface area contributed by atoms with Gasteiger partial charge in [0.2, 0.25) is 0 Å². The average Bonchev–Trinajstić information content (AvgIpc) is 2.40. The van der Waals surface area contributed by atoms with Gasteiger partial charge in [-0.15, -0.1) is 0 Å². The fourth-order valence-corrected chi connectivity index (χ4v) is 0. The second-order valence-electron chi connectivity index (χ2n) is 1.59. The fraction of sp³-hybridized carbons (Fsp3) is 1.00. The Morgan fingerprint density at radius 3 is 0.812 bits per heavy atom. The van der Waals surface area contributed by atoms with Crippen LogP contribution in [0.25, 0.3) is 0 Å². The van der Waals surface area contributed by atoms with E-state index in [9.17, 15) is 0 Å². The van der Waals surface area contributed by atoms with E-state index in [1.54, 1.807) is 0 Å². The summed E-state index contributed by atoms with van der Waals surface area (Å²) in [6, 6.07) is 0. The molecule has 0 heterocycles. The topological polar surface area (TPSA) is 52.0 Å². The molecule has 16 heavy (non-hydrogen) atoms. The van der Waals surface area contributed by atoms with Gasteiger partial charge in [0.15, 0.2) is 0 Å². The zero-order valence-corrected chi connectivity index (χ0v) is 16.1. The van der Waals surface area contributed by atoms with Gasteiger partial charge in [-0.1, -0.05) is 48.5 Å². The molecule has 0 aliphatic rings. The standard InChI is InChI=1S/C4H11I.C2H7N.3C2H6.CH5N/c1-4-5(2)3;1-2-3;4*1-2/h4H2,1-3H3;2-3H2,1H3;3*1-2H3;2H2,1H3. The molecular weight excluding hydrogens is 311 g/mol. The second-order valence-corrected chi connectivity index (χ2v) is 8.32. The summed E-state index contributed by atoms with van der Waals surface area (Å²) in [6.45, 7) is 16.9. The van der Waals surface area contributed by atoms with Crippen LogP contribution in [0.4, 0.5) is 0 Å². The van der Waals surface area contributed by atoms with Gasteiger partial charge in [-0.2, -0.15) is 0 Å². The van der Waals surface area contributed by atoms with Crippen molar-refractivity contribution in [3.63, 3.8) is 0 Å². The molecule has 0 aromatic heterocycles. The molecule has 0 amide bonds. The summed E-state index contributed by atoms with van der Waals surface area (Å²) in [6.07, 6.45) is 0. The van der Waals surface area contributed by atoms with E-state index in [1.165, 1.54) is 11.5 Å². The van der Waals surface area contributed by atoms with Crippen molar-refractivity contribution in [2.24, 2.45) is 11.5 Å². The van der Waals surface area contributed by atoms with Crippen molar-refractivity contribution in [3.05, 3.63) is 0 Å². The van der Waals surface area contributed by atoms with Crippen molar-refractivity contribution >= 4 is 19.8 Å². The van der Waals surface area contributed by atoms with Crippen molar-refractivity contribution < 1.29 is 0 Å². The maximum atomic E-state index is 4.85. The van der Waals surface area contributed by atoms with Crippen LogP contribution in [0.3, 0.4) is 0 Å². The monoisotopic (exact) mass is 352 g/mol. The molecule has 0 atom stereocenters. The van der Waals surface area contributed by atoms with Gasteiger partial charge in [0, 0.05) is 0 Å². The Hall–Kier alpha value is 0.650. The van der Waals surface area contributed by atoms with E-state index < -0.39 is 0 Å². The smallest absolute Gasteiger partial charge is 0.0106 e. The zero-order chi connectivity index (χ0) is 15.0. The number of hydrogen-bond acceptors (Lipinski definition) is 2. The third kappa shape index (κ3) is 389. The van der Waals surface area contributed by atoms with Crippen LogP contribution in [0.5, 0.6) is 0 Å². The van der Waals surface area contributed by atoms with E-state index in [0.717, 1.165) is 6.54 Å². The molecule has 0 fully saturated rings. The Labute approximate surface area is 114 Å². The number of hydrogen-bond donors (Lipinski definition) is 2. The largest absolute Gasteiger partial charge is 0.333 e. The third-order valence-electron chi connectivity index (χ3n) is 0.535. The molecule has 0 aromatic carbocycles. The molecule has 3 heteroatoms. The summed E-state index contributed by atoms with van der Waals surface area (Å²) >= 11 is -0.282. The summed E-state index contributed by atoms with van der Waals surface area (Å²) in [7, 11) is 1.50. The predicted molar refractivity (Wildman–Crippen MR) is 95.3 cm³/mol. The van der Waals surface area contributed by atoms with Gasteiger partial charge in [0.05, 0.1) is 0 Å². The summed E-state index contributed by atoms with van der Waals surface area (Å²) in [5.41, 5.74) is 9.35. The second kappa shape index (κ2) is 105. The molecule has 2 nitrogen and oxygen atoms in total. The SMILES string of the molecule is CC.CC.CC.CCI(C)C.CCN.CN. The van der Waals surface area contributed by atoms with Gasteiger partial charge < -0.3 is 11.5 Å². The predicted octanol–water partition coefficient (Wildman–Crippen LogP) is 4.39. The Kier molecular flexibility index (Phi) is 236. The van der Waals surface area contributed by atoms with E-state index in [-0.39, 0.29) is 19.8 Å². The summed E-state index contributed by atoms with van der Waals surface area (Å²) in [5, 5.41) is 0. The minimum absolute atomic E-state index is 0.282. The molecule has 0 unspecified atom stereocenters. The van der Waals surface area contributed by atoms with Gasteiger partial charge in [0.1, 0.15) is 0 Å². The van der Waals surface area contributed by atoms with Crippen LogP contribution < -0.4 is 11.5 Å². The first kappa shape index (κ1) is 36.0. The molecule has 0 aromatic rings. The summed E-state index contributed by atoms with van der Waals surface area (Å²) in [4.78, 5) is 4.76. The minimum atomic E-state index is -0.282. The molecule has 0 saturated carbocycles. The first-order chi connectivity index (χ1) is 7.68. The van der Waals surface area contributed by atoms with Crippen LogP contribution in [0.1, 0.15) is 55.4 Å². The van der Waals surface area contributed by atoms with Crippen LogP contribution in [0, 0.1) is 0 Å². The Bertz CT molecular complexity index is 35.1. The maximum absolute atomic E-state index is 4.85.